The lowest BCUT2D eigenvalue weighted by Gasteiger charge is -2.18. The number of rotatable bonds is 2. The number of fused-ring (bicyclic) bond motifs is 5. The topological polar surface area (TPSA) is 0 Å². The van der Waals surface area contributed by atoms with E-state index in [9.17, 15) is 0 Å². The van der Waals surface area contributed by atoms with Gasteiger partial charge in [0.1, 0.15) is 0 Å². The fourth-order valence-corrected chi connectivity index (χ4v) is 5.64. The van der Waals surface area contributed by atoms with Crippen molar-refractivity contribution in [3.05, 3.63) is 138 Å². The molecule has 1 aliphatic carbocycles. The summed E-state index contributed by atoms with van der Waals surface area (Å²) in [4.78, 5) is 0. The third-order valence-electron chi connectivity index (χ3n) is 7.34. The van der Waals surface area contributed by atoms with Crippen LogP contribution in [0.2, 0.25) is 0 Å². The van der Waals surface area contributed by atoms with Crippen LogP contribution < -0.4 is 0 Å². The SMILES string of the molecule is Cc1ccc(-c2c3ccccc3c(-c3ccc4c(c3)C=C=Cc3ccccc3-4)c3ccccc23)cc1. The molecule has 0 atom stereocenters. The quantitative estimate of drug-likeness (QED) is 0.179. The Labute approximate surface area is 211 Å². The van der Waals surface area contributed by atoms with E-state index in [1.165, 1.54) is 71.6 Å². The first-order chi connectivity index (χ1) is 17.8. The summed E-state index contributed by atoms with van der Waals surface area (Å²) in [5.74, 6) is 0. The van der Waals surface area contributed by atoms with E-state index in [-0.39, 0.29) is 0 Å². The third kappa shape index (κ3) is 3.24. The van der Waals surface area contributed by atoms with Gasteiger partial charge in [0.2, 0.25) is 0 Å². The van der Waals surface area contributed by atoms with Crippen LogP contribution in [0.1, 0.15) is 16.7 Å². The summed E-state index contributed by atoms with van der Waals surface area (Å²) in [7, 11) is 0. The average molecular weight is 457 g/mol. The zero-order chi connectivity index (χ0) is 24.1. The highest BCUT2D eigenvalue weighted by molar-refractivity contribution is 6.21. The second-order valence-electron chi connectivity index (χ2n) is 9.55. The monoisotopic (exact) mass is 456 g/mol. The molecular formula is C36H24. The van der Waals surface area contributed by atoms with Crippen molar-refractivity contribution < 1.29 is 0 Å². The van der Waals surface area contributed by atoms with Crippen LogP contribution in [0, 0.1) is 6.92 Å². The first-order valence-corrected chi connectivity index (χ1v) is 12.4. The summed E-state index contributed by atoms with van der Waals surface area (Å²) in [5.41, 5.74) is 14.7. The molecule has 0 amide bonds. The zero-order valence-electron chi connectivity index (χ0n) is 20.1. The average Bonchev–Trinajstić information content (AvgIpc) is 3.11. The molecule has 0 spiro atoms. The standard InChI is InChI=1S/C36H24/c1-24-17-19-26(20-18-24)35-31-13-4-6-15-33(31)36(34-16-7-5-14-32(34)35)28-21-22-30-27(23-28)11-8-10-25-9-2-3-12-29(25)30/h2-7,9-23H,1H3. The number of benzene rings is 6. The second kappa shape index (κ2) is 8.24. The van der Waals surface area contributed by atoms with Crippen LogP contribution in [0.5, 0.6) is 0 Å². The number of hydrogen-bond donors (Lipinski definition) is 0. The van der Waals surface area contributed by atoms with Crippen LogP contribution in [0.15, 0.2) is 121 Å². The van der Waals surface area contributed by atoms with Gasteiger partial charge in [0.15, 0.2) is 0 Å². The van der Waals surface area contributed by atoms with Crippen LogP contribution in [-0.2, 0) is 0 Å². The smallest absolute Gasteiger partial charge is 0.00261 e. The van der Waals surface area contributed by atoms with E-state index in [0.717, 1.165) is 0 Å². The van der Waals surface area contributed by atoms with Gasteiger partial charge in [-0.1, -0.05) is 115 Å². The predicted molar refractivity (Wildman–Crippen MR) is 155 cm³/mol. The summed E-state index contributed by atoms with van der Waals surface area (Å²) >= 11 is 0. The first kappa shape index (κ1) is 20.7. The maximum atomic E-state index is 3.40. The highest BCUT2D eigenvalue weighted by Crippen LogP contribution is 2.44. The molecule has 0 unspecified atom stereocenters. The van der Waals surface area contributed by atoms with Crippen molar-refractivity contribution >= 4 is 33.7 Å². The van der Waals surface area contributed by atoms with E-state index in [0.29, 0.717) is 0 Å². The van der Waals surface area contributed by atoms with Crippen LogP contribution in [0.3, 0.4) is 0 Å². The molecule has 0 radical (unpaired) electrons. The molecular weight excluding hydrogens is 432 g/mol. The van der Waals surface area contributed by atoms with Crippen LogP contribution in [0.25, 0.3) is 67.1 Å². The maximum Gasteiger partial charge on any atom is -0.00261 e. The van der Waals surface area contributed by atoms with Gasteiger partial charge in [-0.15, -0.1) is 5.73 Å². The second-order valence-corrected chi connectivity index (χ2v) is 9.55. The molecule has 0 heteroatoms. The Hall–Kier alpha value is -4.64. The molecule has 0 bridgehead atoms. The highest BCUT2D eigenvalue weighted by Gasteiger charge is 2.18. The number of aryl methyl sites for hydroxylation is 1. The fraction of sp³-hybridized carbons (Fsp3) is 0.0278. The summed E-state index contributed by atoms with van der Waals surface area (Å²) in [6.45, 7) is 2.14. The van der Waals surface area contributed by atoms with E-state index in [1.54, 1.807) is 0 Å². The third-order valence-corrected chi connectivity index (χ3v) is 7.34. The molecule has 7 rings (SSSR count). The Balaban J connectivity index is 1.55. The lowest BCUT2D eigenvalue weighted by Crippen LogP contribution is -1.92. The molecule has 6 aromatic carbocycles. The van der Waals surface area contributed by atoms with Crippen LogP contribution in [0.4, 0.5) is 0 Å². The predicted octanol–water partition coefficient (Wildman–Crippen LogP) is 9.94. The van der Waals surface area contributed by atoms with Crippen molar-refractivity contribution in [2.24, 2.45) is 0 Å². The molecule has 0 nitrogen and oxygen atoms in total. The Morgan fingerprint density at radius 3 is 1.61 bits per heavy atom. The molecule has 1 aliphatic rings. The fourth-order valence-electron chi connectivity index (χ4n) is 5.64. The molecule has 0 N–H and O–H groups in total. The largest absolute Gasteiger partial charge is 0.120 e. The first-order valence-electron chi connectivity index (χ1n) is 12.4. The lowest BCUT2D eigenvalue weighted by atomic mass is 9.85. The van der Waals surface area contributed by atoms with Gasteiger partial charge >= 0.3 is 0 Å². The summed E-state index contributed by atoms with van der Waals surface area (Å²) in [5, 5.41) is 5.12. The van der Waals surface area contributed by atoms with Crippen molar-refractivity contribution in [2.45, 2.75) is 6.92 Å². The lowest BCUT2D eigenvalue weighted by molar-refractivity contribution is 1.47. The van der Waals surface area contributed by atoms with Gasteiger partial charge in [-0.25, -0.2) is 0 Å². The Kier molecular flexibility index (Phi) is 4.74. The van der Waals surface area contributed by atoms with E-state index < -0.39 is 0 Å². The van der Waals surface area contributed by atoms with Gasteiger partial charge in [0.25, 0.3) is 0 Å². The highest BCUT2D eigenvalue weighted by atomic mass is 14.2. The van der Waals surface area contributed by atoms with Crippen molar-refractivity contribution in [2.75, 3.05) is 0 Å². The number of hydrogen-bond acceptors (Lipinski definition) is 0. The van der Waals surface area contributed by atoms with E-state index in [4.69, 9.17) is 0 Å². The molecule has 0 heterocycles. The minimum atomic E-state index is 1.20. The minimum Gasteiger partial charge on any atom is -0.120 e. The molecule has 0 saturated heterocycles. The molecule has 0 saturated carbocycles. The summed E-state index contributed by atoms with van der Waals surface area (Å²) in [6, 6.07) is 42.0. The molecule has 0 fully saturated rings. The Morgan fingerprint density at radius 2 is 0.944 bits per heavy atom. The van der Waals surface area contributed by atoms with Gasteiger partial charge in [0.05, 0.1) is 0 Å². The van der Waals surface area contributed by atoms with Crippen LogP contribution >= 0.6 is 0 Å². The minimum absolute atomic E-state index is 1.20. The Morgan fingerprint density at radius 1 is 0.444 bits per heavy atom. The molecule has 168 valence electrons. The van der Waals surface area contributed by atoms with Crippen molar-refractivity contribution in [1.82, 2.24) is 0 Å². The van der Waals surface area contributed by atoms with Crippen molar-refractivity contribution in [3.8, 4) is 33.4 Å². The normalized spacial score (nSPS) is 11.9. The van der Waals surface area contributed by atoms with Gasteiger partial charge in [-0.2, -0.15) is 0 Å². The summed E-state index contributed by atoms with van der Waals surface area (Å²) < 4.78 is 0. The molecule has 0 aromatic heterocycles. The van der Waals surface area contributed by atoms with Crippen LogP contribution in [-0.4, -0.2) is 0 Å². The van der Waals surface area contributed by atoms with E-state index in [2.05, 4.69) is 140 Å². The van der Waals surface area contributed by atoms with Gasteiger partial charge in [0, 0.05) is 0 Å². The van der Waals surface area contributed by atoms with Gasteiger partial charge < -0.3 is 0 Å². The zero-order valence-corrected chi connectivity index (χ0v) is 20.1. The van der Waals surface area contributed by atoms with Gasteiger partial charge in [-0.3, -0.25) is 0 Å². The van der Waals surface area contributed by atoms with E-state index >= 15 is 0 Å². The maximum absolute atomic E-state index is 3.40. The molecule has 0 aliphatic heterocycles. The molecule has 6 aromatic rings. The van der Waals surface area contributed by atoms with Crippen molar-refractivity contribution in [1.29, 1.82) is 0 Å². The van der Waals surface area contributed by atoms with E-state index in [1.807, 2.05) is 0 Å². The Bertz CT molecular complexity index is 1800. The van der Waals surface area contributed by atoms with Crippen molar-refractivity contribution in [3.63, 3.8) is 0 Å². The molecule has 36 heavy (non-hydrogen) atoms. The summed E-state index contributed by atoms with van der Waals surface area (Å²) in [6.07, 6.45) is 4.19. The van der Waals surface area contributed by atoms with Gasteiger partial charge in [-0.05, 0) is 91.2 Å².